The molecule has 5 nitrogen and oxygen atoms in total. The molecule has 0 aliphatic heterocycles. The molecule has 24 heavy (non-hydrogen) atoms. The summed E-state index contributed by atoms with van der Waals surface area (Å²) in [6, 6.07) is 13.3. The Morgan fingerprint density at radius 3 is 2.62 bits per heavy atom. The van der Waals surface area contributed by atoms with Crippen molar-refractivity contribution in [3.05, 3.63) is 58.2 Å². The van der Waals surface area contributed by atoms with Crippen molar-refractivity contribution >= 4 is 27.2 Å². The molecule has 0 spiro atoms. The van der Waals surface area contributed by atoms with E-state index in [0.717, 1.165) is 16.8 Å². The fraction of sp³-hybridized carbons (Fsp3) is 0.111. The smallest absolute Gasteiger partial charge is 0.281 e. The first kappa shape index (κ1) is 14.7. The van der Waals surface area contributed by atoms with Crippen molar-refractivity contribution in [1.29, 1.82) is 0 Å². The van der Waals surface area contributed by atoms with Gasteiger partial charge < -0.3 is 9.47 Å². The molecule has 0 saturated carbocycles. The van der Waals surface area contributed by atoms with Gasteiger partial charge in [0.15, 0.2) is 16.5 Å². The molecule has 0 atom stereocenters. The van der Waals surface area contributed by atoms with Crippen molar-refractivity contribution in [2.45, 2.75) is 0 Å². The van der Waals surface area contributed by atoms with Gasteiger partial charge in [0.05, 0.1) is 30.8 Å². The fourth-order valence-corrected chi connectivity index (χ4v) is 3.71. The van der Waals surface area contributed by atoms with Gasteiger partial charge in [-0.3, -0.25) is 9.20 Å². The van der Waals surface area contributed by atoms with Crippen LogP contribution in [0.5, 0.6) is 11.5 Å². The summed E-state index contributed by atoms with van der Waals surface area (Å²) in [7, 11) is 3.22. The monoisotopic (exact) mass is 338 g/mol. The Balaban J connectivity index is 2.05. The van der Waals surface area contributed by atoms with E-state index in [0.29, 0.717) is 21.8 Å². The van der Waals surface area contributed by atoms with Crippen molar-refractivity contribution in [2.24, 2.45) is 0 Å². The molecule has 0 amide bonds. The number of methoxy groups -OCH3 is 2. The summed E-state index contributed by atoms with van der Waals surface area (Å²) in [6.45, 7) is 0. The second-order valence-electron chi connectivity index (χ2n) is 5.24. The van der Waals surface area contributed by atoms with Crippen LogP contribution in [-0.4, -0.2) is 23.6 Å². The van der Waals surface area contributed by atoms with Gasteiger partial charge in [-0.05, 0) is 30.3 Å². The largest absolute Gasteiger partial charge is 0.493 e. The van der Waals surface area contributed by atoms with E-state index in [9.17, 15) is 4.79 Å². The third kappa shape index (κ3) is 2.15. The van der Waals surface area contributed by atoms with Gasteiger partial charge in [0.25, 0.3) is 5.56 Å². The molecule has 0 N–H and O–H groups in total. The molecule has 0 radical (unpaired) electrons. The average molecular weight is 338 g/mol. The fourth-order valence-electron chi connectivity index (χ4n) is 2.82. The number of ether oxygens (including phenoxy) is 2. The van der Waals surface area contributed by atoms with Crippen molar-refractivity contribution in [3.63, 3.8) is 0 Å². The molecule has 2 aromatic heterocycles. The molecule has 0 bridgehead atoms. The minimum absolute atomic E-state index is 0.202. The number of benzene rings is 2. The summed E-state index contributed by atoms with van der Waals surface area (Å²) in [5.41, 5.74) is 2.57. The zero-order valence-corrected chi connectivity index (χ0v) is 14.0. The molecule has 0 unspecified atom stereocenters. The standard InChI is InChI=1S/C18H14N2O3S/c1-22-15-8-7-11(9-16(15)23-2)14-10-24-18-19-17(21)12-5-3-4-6-13(12)20(14)18/h3-10H,1-2H3. The van der Waals surface area contributed by atoms with Gasteiger partial charge in [0.2, 0.25) is 0 Å². The summed E-state index contributed by atoms with van der Waals surface area (Å²) in [4.78, 5) is 17.0. The summed E-state index contributed by atoms with van der Waals surface area (Å²) in [5.74, 6) is 1.34. The Bertz CT molecular complexity index is 1110. The summed E-state index contributed by atoms with van der Waals surface area (Å²) in [5, 5.41) is 2.60. The van der Waals surface area contributed by atoms with Crippen molar-refractivity contribution in [3.8, 4) is 22.8 Å². The topological polar surface area (TPSA) is 52.8 Å². The molecule has 0 fully saturated rings. The van der Waals surface area contributed by atoms with Gasteiger partial charge in [0.1, 0.15) is 0 Å². The minimum atomic E-state index is -0.202. The van der Waals surface area contributed by atoms with Gasteiger partial charge in [-0.15, -0.1) is 11.3 Å². The van der Waals surface area contributed by atoms with Crippen LogP contribution in [0.2, 0.25) is 0 Å². The second kappa shape index (κ2) is 5.65. The third-order valence-electron chi connectivity index (χ3n) is 3.96. The van der Waals surface area contributed by atoms with Crippen LogP contribution in [0.1, 0.15) is 0 Å². The van der Waals surface area contributed by atoms with Crippen LogP contribution < -0.4 is 15.0 Å². The highest BCUT2D eigenvalue weighted by molar-refractivity contribution is 7.15. The maximum Gasteiger partial charge on any atom is 0.281 e. The number of hydrogen-bond donors (Lipinski definition) is 0. The second-order valence-corrected chi connectivity index (χ2v) is 6.08. The Morgan fingerprint density at radius 1 is 1.04 bits per heavy atom. The molecule has 6 heteroatoms. The quantitative estimate of drug-likeness (QED) is 0.573. The van der Waals surface area contributed by atoms with E-state index in [-0.39, 0.29) is 5.56 Å². The normalized spacial score (nSPS) is 11.1. The van der Waals surface area contributed by atoms with E-state index >= 15 is 0 Å². The number of thiazole rings is 1. The van der Waals surface area contributed by atoms with Gasteiger partial charge >= 0.3 is 0 Å². The Hall–Kier alpha value is -2.86. The summed E-state index contributed by atoms with van der Waals surface area (Å²) < 4.78 is 12.7. The maximum atomic E-state index is 12.2. The molecule has 2 heterocycles. The van der Waals surface area contributed by atoms with Gasteiger partial charge in [-0.25, -0.2) is 0 Å². The summed E-state index contributed by atoms with van der Waals surface area (Å²) in [6.07, 6.45) is 0. The predicted molar refractivity (Wildman–Crippen MR) is 95.4 cm³/mol. The molecule has 0 aliphatic carbocycles. The van der Waals surface area contributed by atoms with E-state index < -0.39 is 0 Å². The van der Waals surface area contributed by atoms with Crippen LogP contribution in [0.25, 0.3) is 27.1 Å². The summed E-state index contributed by atoms with van der Waals surface area (Å²) >= 11 is 1.44. The molecule has 0 aliphatic rings. The van der Waals surface area contributed by atoms with Crippen LogP contribution in [0.3, 0.4) is 0 Å². The zero-order chi connectivity index (χ0) is 16.7. The average Bonchev–Trinajstić information content (AvgIpc) is 3.05. The van der Waals surface area contributed by atoms with E-state index in [2.05, 4.69) is 4.98 Å². The van der Waals surface area contributed by atoms with Gasteiger partial charge in [-0.2, -0.15) is 4.98 Å². The minimum Gasteiger partial charge on any atom is -0.493 e. The molecule has 2 aromatic carbocycles. The first-order chi connectivity index (χ1) is 11.7. The van der Waals surface area contributed by atoms with Gasteiger partial charge in [-0.1, -0.05) is 12.1 Å². The van der Waals surface area contributed by atoms with E-state index in [1.165, 1.54) is 11.3 Å². The number of hydrogen-bond acceptors (Lipinski definition) is 5. The first-order valence-electron chi connectivity index (χ1n) is 7.34. The third-order valence-corrected chi connectivity index (χ3v) is 4.79. The van der Waals surface area contributed by atoms with Crippen LogP contribution in [0.4, 0.5) is 0 Å². The molecular weight excluding hydrogens is 324 g/mol. The highest BCUT2D eigenvalue weighted by Gasteiger charge is 2.14. The van der Waals surface area contributed by atoms with E-state index in [4.69, 9.17) is 9.47 Å². The first-order valence-corrected chi connectivity index (χ1v) is 8.22. The number of fused-ring (bicyclic) bond motifs is 3. The lowest BCUT2D eigenvalue weighted by Gasteiger charge is -2.10. The Kier molecular flexibility index (Phi) is 3.46. The van der Waals surface area contributed by atoms with Crippen molar-refractivity contribution in [2.75, 3.05) is 14.2 Å². The van der Waals surface area contributed by atoms with Crippen LogP contribution in [0.15, 0.2) is 52.6 Å². The number of para-hydroxylation sites is 1. The highest BCUT2D eigenvalue weighted by atomic mass is 32.1. The molecular formula is C18H14N2O3S. The Labute approximate surface area is 141 Å². The van der Waals surface area contributed by atoms with Crippen LogP contribution >= 0.6 is 11.3 Å². The molecule has 0 saturated heterocycles. The maximum absolute atomic E-state index is 12.2. The van der Waals surface area contributed by atoms with E-state index in [1.807, 2.05) is 46.2 Å². The predicted octanol–water partition coefficient (Wildman–Crippen LogP) is 3.59. The lowest BCUT2D eigenvalue weighted by molar-refractivity contribution is 0.355. The highest BCUT2D eigenvalue weighted by Crippen LogP contribution is 2.34. The lowest BCUT2D eigenvalue weighted by atomic mass is 10.1. The number of nitrogens with zero attached hydrogens (tertiary/aromatic N) is 2. The Morgan fingerprint density at radius 2 is 1.83 bits per heavy atom. The number of aromatic nitrogens is 2. The molecule has 4 aromatic rings. The van der Waals surface area contributed by atoms with Gasteiger partial charge in [0, 0.05) is 10.9 Å². The molecule has 120 valence electrons. The molecule has 4 rings (SSSR count). The van der Waals surface area contributed by atoms with Crippen molar-refractivity contribution < 1.29 is 9.47 Å². The van der Waals surface area contributed by atoms with Crippen LogP contribution in [0, 0.1) is 0 Å². The van der Waals surface area contributed by atoms with E-state index in [1.54, 1.807) is 20.3 Å². The lowest BCUT2D eigenvalue weighted by Crippen LogP contribution is -2.09. The number of rotatable bonds is 3. The zero-order valence-electron chi connectivity index (χ0n) is 13.1. The van der Waals surface area contributed by atoms with Crippen LogP contribution in [-0.2, 0) is 0 Å². The van der Waals surface area contributed by atoms with Crippen molar-refractivity contribution in [1.82, 2.24) is 9.38 Å². The SMILES string of the molecule is COc1ccc(-c2csc3nc(=O)c4ccccc4n23)cc1OC.